The third-order valence-corrected chi connectivity index (χ3v) is 4.02. The van der Waals surface area contributed by atoms with E-state index in [1.54, 1.807) is 17.5 Å². The molecule has 2 heterocycles. The van der Waals surface area contributed by atoms with Crippen LogP contribution < -0.4 is 11.1 Å². The van der Waals surface area contributed by atoms with Gasteiger partial charge in [-0.1, -0.05) is 0 Å². The van der Waals surface area contributed by atoms with Crippen LogP contribution in [0, 0.1) is 6.42 Å². The average Bonchev–Trinajstić information content (AvgIpc) is 3.11. The Balaban J connectivity index is 1.68. The minimum Gasteiger partial charge on any atom is -0.508 e. The molecule has 0 unspecified atom stereocenters. The number of hydrogen-bond acceptors (Lipinski definition) is 5. The van der Waals surface area contributed by atoms with E-state index in [2.05, 4.69) is 15.3 Å². The van der Waals surface area contributed by atoms with E-state index >= 15 is 0 Å². The monoisotopic (exact) mass is 329 g/mol. The molecule has 7 nitrogen and oxygen atoms in total. The van der Waals surface area contributed by atoms with Crippen molar-refractivity contribution in [1.29, 1.82) is 0 Å². The highest BCUT2D eigenvalue weighted by molar-refractivity contribution is 7.14. The first-order valence-electron chi connectivity index (χ1n) is 6.71. The number of amides is 2. The number of phenolic OH excluding ortho intramolecular Hbond substituents is 1. The lowest BCUT2D eigenvalue weighted by atomic mass is 10.1. The first-order chi connectivity index (χ1) is 11.0. The van der Waals surface area contributed by atoms with Gasteiger partial charge in [-0.25, -0.2) is 4.98 Å². The quantitative estimate of drug-likeness (QED) is 0.543. The molecular formula is C15H13N4O3S. The van der Waals surface area contributed by atoms with Crippen molar-refractivity contribution in [3.05, 3.63) is 47.5 Å². The van der Waals surface area contributed by atoms with E-state index in [9.17, 15) is 14.7 Å². The predicted molar refractivity (Wildman–Crippen MR) is 87.0 cm³/mol. The molecule has 0 fully saturated rings. The Morgan fingerprint density at radius 3 is 3.04 bits per heavy atom. The van der Waals surface area contributed by atoms with Crippen LogP contribution in [0.1, 0.15) is 11.3 Å². The Kier molecular flexibility index (Phi) is 3.98. The highest BCUT2D eigenvalue weighted by Gasteiger charge is 2.12. The molecule has 5 N–H and O–H groups in total. The lowest BCUT2D eigenvalue weighted by Crippen LogP contribution is -2.29. The fourth-order valence-corrected chi connectivity index (χ4v) is 2.84. The van der Waals surface area contributed by atoms with Gasteiger partial charge in [0.1, 0.15) is 5.75 Å². The Morgan fingerprint density at radius 2 is 2.26 bits per heavy atom. The number of hydrogen-bond donors (Lipinski definition) is 4. The number of benzene rings is 1. The third-order valence-electron chi connectivity index (χ3n) is 3.25. The number of aromatic amines is 1. The summed E-state index contributed by atoms with van der Waals surface area (Å²) in [5.41, 5.74) is 7.52. The van der Waals surface area contributed by atoms with Crippen molar-refractivity contribution in [2.45, 2.75) is 6.42 Å². The molecule has 2 aromatic heterocycles. The van der Waals surface area contributed by atoms with Gasteiger partial charge < -0.3 is 15.8 Å². The number of nitrogens with two attached hydrogens (primary N) is 1. The number of phenols is 1. The summed E-state index contributed by atoms with van der Waals surface area (Å²) in [5, 5.41) is 14.9. The van der Waals surface area contributed by atoms with Crippen molar-refractivity contribution < 1.29 is 14.7 Å². The molecule has 1 aromatic carbocycles. The van der Waals surface area contributed by atoms with E-state index in [0.717, 1.165) is 16.5 Å². The maximum absolute atomic E-state index is 11.2. The molecule has 0 aliphatic rings. The molecule has 0 bridgehead atoms. The summed E-state index contributed by atoms with van der Waals surface area (Å²) in [7, 11) is 0. The fourth-order valence-electron chi connectivity index (χ4n) is 2.15. The number of carbonyl (C=O) groups excluding carboxylic acids is 2. The van der Waals surface area contributed by atoms with Crippen LogP contribution in [0.15, 0.2) is 29.8 Å². The smallest absolute Gasteiger partial charge is 0.315 e. The van der Waals surface area contributed by atoms with Crippen LogP contribution in [0.3, 0.4) is 0 Å². The summed E-state index contributed by atoms with van der Waals surface area (Å²) >= 11 is 1.21. The van der Waals surface area contributed by atoms with Gasteiger partial charge in [-0.2, -0.15) is 0 Å². The van der Waals surface area contributed by atoms with E-state index in [1.165, 1.54) is 11.3 Å². The fraction of sp³-hybridized carbons (Fsp3) is 0.0667. The number of rotatable bonds is 4. The van der Waals surface area contributed by atoms with Gasteiger partial charge in [0.05, 0.1) is 5.69 Å². The highest BCUT2D eigenvalue weighted by atomic mass is 32.1. The van der Waals surface area contributed by atoms with Gasteiger partial charge in [0.25, 0.3) is 0 Å². The molecular weight excluding hydrogens is 316 g/mol. The number of carbonyl (C=O) groups is 2. The van der Waals surface area contributed by atoms with Crippen LogP contribution >= 0.6 is 11.3 Å². The van der Waals surface area contributed by atoms with Gasteiger partial charge in [-0.3, -0.25) is 14.9 Å². The predicted octanol–water partition coefficient (Wildman–Crippen LogP) is 1.55. The summed E-state index contributed by atoms with van der Waals surface area (Å²) in [6.07, 6.45) is 4.38. The number of anilines is 1. The van der Waals surface area contributed by atoms with Gasteiger partial charge in [-0.15, -0.1) is 11.3 Å². The van der Waals surface area contributed by atoms with Gasteiger partial charge in [0.2, 0.25) is 0 Å². The zero-order valence-electron chi connectivity index (χ0n) is 11.9. The minimum absolute atomic E-state index is 0.212. The van der Waals surface area contributed by atoms with Crippen LogP contribution in [0.25, 0.3) is 10.9 Å². The van der Waals surface area contributed by atoms with Gasteiger partial charge in [0.15, 0.2) is 5.13 Å². The maximum atomic E-state index is 11.2. The molecule has 1 radical (unpaired) electrons. The van der Waals surface area contributed by atoms with Crippen molar-refractivity contribution in [3.8, 4) is 5.75 Å². The van der Waals surface area contributed by atoms with E-state index in [-0.39, 0.29) is 5.75 Å². The van der Waals surface area contributed by atoms with Gasteiger partial charge in [-0.05, 0) is 30.2 Å². The van der Waals surface area contributed by atoms with E-state index < -0.39 is 11.8 Å². The summed E-state index contributed by atoms with van der Waals surface area (Å²) in [4.78, 5) is 29.2. The molecule has 2 amide bonds. The van der Waals surface area contributed by atoms with Crippen LogP contribution in [0.4, 0.5) is 5.13 Å². The second kappa shape index (κ2) is 6.09. The van der Waals surface area contributed by atoms with Crippen LogP contribution in [0.2, 0.25) is 0 Å². The lowest BCUT2D eigenvalue weighted by molar-refractivity contribution is -0.134. The van der Waals surface area contributed by atoms with E-state index in [4.69, 9.17) is 5.73 Å². The van der Waals surface area contributed by atoms with Crippen LogP contribution in [0.5, 0.6) is 5.75 Å². The number of aromatic nitrogens is 2. The molecule has 3 aromatic rings. The number of nitrogens with one attached hydrogen (secondary N) is 2. The van der Waals surface area contributed by atoms with Crippen molar-refractivity contribution in [2.24, 2.45) is 5.73 Å². The Morgan fingerprint density at radius 1 is 1.43 bits per heavy atom. The van der Waals surface area contributed by atoms with Crippen molar-refractivity contribution in [2.75, 3.05) is 5.32 Å². The largest absolute Gasteiger partial charge is 0.508 e. The summed E-state index contributed by atoms with van der Waals surface area (Å²) in [6.45, 7) is 0. The maximum Gasteiger partial charge on any atom is 0.315 e. The molecule has 0 saturated heterocycles. The van der Waals surface area contributed by atoms with Crippen molar-refractivity contribution >= 4 is 39.2 Å². The van der Waals surface area contributed by atoms with Crippen molar-refractivity contribution in [3.63, 3.8) is 0 Å². The number of nitrogens with zero attached hydrogens (tertiary/aromatic N) is 1. The second-order valence-electron chi connectivity index (χ2n) is 4.85. The summed E-state index contributed by atoms with van der Waals surface area (Å²) in [6, 6.07) is 5.14. The van der Waals surface area contributed by atoms with E-state index in [0.29, 0.717) is 17.2 Å². The highest BCUT2D eigenvalue weighted by Crippen LogP contribution is 2.25. The zero-order valence-corrected chi connectivity index (χ0v) is 12.7. The Bertz CT molecular complexity index is 884. The van der Waals surface area contributed by atoms with Gasteiger partial charge in [0, 0.05) is 28.9 Å². The van der Waals surface area contributed by atoms with Crippen LogP contribution in [-0.4, -0.2) is 26.9 Å². The third kappa shape index (κ3) is 3.32. The molecule has 3 rings (SSSR count). The number of fused-ring (bicyclic) bond motifs is 1. The first-order valence-corrected chi connectivity index (χ1v) is 7.59. The number of aromatic hydroxyl groups is 1. The molecule has 117 valence electrons. The van der Waals surface area contributed by atoms with Crippen molar-refractivity contribution in [1.82, 2.24) is 9.97 Å². The average molecular weight is 329 g/mol. The molecule has 0 spiro atoms. The lowest BCUT2D eigenvalue weighted by Gasteiger charge is -1.99. The minimum atomic E-state index is -1.05. The normalized spacial score (nSPS) is 10.8. The molecule has 0 aliphatic heterocycles. The molecule has 0 saturated carbocycles. The Labute approximate surface area is 135 Å². The zero-order chi connectivity index (χ0) is 16.4. The molecule has 8 heteroatoms. The number of thiazole rings is 1. The topological polar surface area (TPSA) is 121 Å². The van der Waals surface area contributed by atoms with Crippen LogP contribution in [-0.2, 0) is 16.0 Å². The SMILES string of the molecule is NC(=O)C(=O)Nc1nc([CH]Cc2c[nH]c3ccc(O)cc23)cs1. The second-order valence-corrected chi connectivity index (χ2v) is 5.71. The number of primary amides is 1. The molecule has 0 atom stereocenters. The summed E-state index contributed by atoms with van der Waals surface area (Å²) in [5.74, 6) is -1.73. The number of H-pyrrole nitrogens is 1. The molecule has 23 heavy (non-hydrogen) atoms. The van der Waals surface area contributed by atoms with E-state index in [1.807, 2.05) is 18.7 Å². The standard InChI is InChI=1S/C15H13N4O3S/c16-13(21)14(22)19-15-18-9(7-23-15)2-1-8-6-17-12-4-3-10(20)5-11(8)12/h2-7,17,20H,1H2,(H2,16,21)(H,18,19,22). The Hall–Kier alpha value is -2.87. The van der Waals surface area contributed by atoms with Gasteiger partial charge >= 0.3 is 11.8 Å². The summed E-state index contributed by atoms with van der Waals surface area (Å²) < 4.78 is 0. The first kappa shape index (κ1) is 15.0. The molecule has 0 aliphatic carbocycles.